The number of hydrogen-bond acceptors (Lipinski definition) is 4. The zero-order valence-electron chi connectivity index (χ0n) is 9.68. The van der Waals surface area contributed by atoms with Crippen molar-refractivity contribution in [3.05, 3.63) is 36.2 Å². The van der Waals surface area contributed by atoms with Crippen molar-refractivity contribution in [2.24, 2.45) is 0 Å². The van der Waals surface area contributed by atoms with Crippen LogP contribution in [0.2, 0.25) is 0 Å². The second-order valence-electron chi connectivity index (χ2n) is 3.95. The van der Waals surface area contributed by atoms with Crippen molar-refractivity contribution in [3.8, 4) is 11.5 Å². The van der Waals surface area contributed by atoms with Crippen molar-refractivity contribution < 1.29 is 9.21 Å². The summed E-state index contributed by atoms with van der Waals surface area (Å²) in [7, 11) is 0. The summed E-state index contributed by atoms with van der Waals surface area (Å²) in [5, 5.41) is 10.2. The van der Waals surface area contributed by atoms with Gasteiger partial charge in [0.15, 0.2) is 0 Å². The smallest absolute Gasteiger partial charge is 0.251 e. The zero-order valence-corrected chi connectivity index (χ0v) is 9.68. The number of hydrogen-bond donors (Lipinski definition) is 1. The lowest BCUT2D eigenvalue weighted by molar-refractivity contribution is 0.0943. The average Bonchev–Trinajstić information content (AvgIpc) is 2.82. The van der Waals surface area contributed by atoms with E-state index in [2.05, 4.69) is 15.5 Å². The van der Waals surface area contributed by atoms with E-state index in [9.17, 15) is 4.79 Å². The zero-order chi connectivity index (χ0) is 12.3. The molecule has 5 nitrogen and oxygen atoms in total. The highest BCUT2D eigenvalue weighted by Gasteiger charge is 2.08. The Labute approximate surface area is 98.9 Å². The highest BCUT2D eigenvalue weighted by atomic mass is 16.4. The minimum Gasteiger partial charge on any atom is -0.423 e. The molecule has 2 rings (SSSR count). The lowest BCUT2D eigenvalue weighted by Gasteiger charge is -2.08. The van der Waals surface area contributed by atoms with Gasteiger partial charge >= 0.3 is 0 Å². The van der Waals surface area contributed by atoms with Crippen LogP contribution in [0.25, 0.3) is 11.5 Å². The van der Waals surface area contributed by atoms with Gasteiger partial charge in [0, 0.05) is 17.2 Å². The summed E-state index contributed by atoms with van der Waals surface area (Å²) >= 11 is 0. The number of nitrogens with one attached hydrogen (secondary N) is 1. The summed E-state index contributed by atoms with van der Waals surface area (Å²) in [5.74, 6) is 0.359. The average molecular weight is 231 g/mol. The Morgan fingerprint density at radius 1 is 1.29 bits per heavy atom. The van der Waals surface area contributed by atoms with E-state index in [1.54, 1.807) is 24.3 Å². The molecule has 2 aromatic rings. The number of carbonyl (C=O) groups is 1. The number of nitrogens with zero attached hydrogens (tertiary/aromatic N) is 2. The maximum Gasteiger partial charge on any atom is 0.251 e. The van der Waals surface area contributed by atoms with Crippen LogP contribution in [0.4, 0.5) is 0 Å². The molecule has 1 N–H and O–H groups in total. The lowest BCUT2D eigenvalue weighted by atomic mass is 10.1. The molecule has 1 aromatic carbocycles. The molecule has 17 heavy (non-hydrogen) atoms. The number of aromatic nitrogens is 2. The van der Waals surface area contributed by atoms with Crippen molar-refractivity contribution in [1.82, 2.24) is 15.5 Å². The first-order valence-electron chi connectivity index (χ1n) is 5.34. The van der Waals surface area contributed by atoms with Gasteiger partial charge in [0.2, 0.25) is 12.3 Å². The molecule has 5 heteroatoms. The van der Waals surface area contributed by atoms with Gasteiger partial charge in [0.25, 0.3) is 5.91 Å². The quantitative estimate of drug-likeness (QED) is 0.875. The van der Waals surface area contributed by atoms with E-state index in [-0.39, 0.29) is 11.9 Å². The van der Waals surface area contributed by atoms with Gasteiger partial charge in [-0.3, -0.25) is 4.79 Å². The number of amides is 1. The van der Waals surface area contributed by atoms with E-state index in [0.29, 0.717) is 11.5 Å². The predicted molar refractivity (Wildman–Crippen MR) is 62.3 cm³/mol. The second kappa shape index (κ2) is 4.78. The molecule has 0 saturated heterocycles. The summed E-state index contributed by atoms with van der Waals surface area (Å²) in [4.78, 5) is 11.7. The molecule has 0 fully saturated rings. The molecule has 0 radical (unpaired) electrons. The van der Waals surface area contributed by atoms with Crippen molar-refractivity contribution in [2.45, 2.75) is 19.9 Å². The molecule has 0 spiro atoms. The van der Waals surface area contributed by atoms with E-state index < -0.39 is 0 Å². The van der Waals surface area contributed by atoms with E-state index in [1.165, 1.54) is 6.39 Å². The molecule has 0 saturated carbocycles. The van der Waals surface area contributed by atoms with Gasteiger partial charge in [-0.15, -0.1) is 10.2 Å². The summed E-state index contributed by atoms with van der Waals surface area (Å²) in [6.45, 7) is 3.84. The number of rotatable bonds is 3. The Bertz CT molecular complexity index is 489. The lowest BCUT2D eigenvalue weighted by Crippen LogP contribution is -2.29. The largest absolute Gasteiger partial charge is 0.423 e. The van der Waals surface area contributed by atoms with E-state index >= 15 is 0 Å². The highest BCUT2D eigenvalue weighted by Crippen LogP contribution is 2.16. The molecular formula is C12H13N3O2. The summed E-state index contributed by atoms with van der Waals surface area (Å²) < 4.78 is 5.06. The highest BCUT2D eigenvalue weighted by molar-refractivity contribution is 5.94. The maximum atomic E-state index is 11.7. The Hall–Kier alpha value is -2.17. The van der Waals surface area contributed by atoms with Gasteiger partial charge in [-0.1, -0.05) is 0 Å². The molecule has 1 aromatic heterocycles. The first-order chi connectivity index (χ1) is 8.16. The maximum absolute atomic E-state index is 11.7. The fourth-order valence-electron chi connectivity index (χ4n) is 1.41. The molecule has 0 aliphatic heterocycles. The minimum absolute atomic E-state index is 0.0860. The third-order valence-corrected chi connectivity index (χ3v) is 2.17. The van der Waals surface area contributed by atoms with Crippen LogP contribution < -0.4 is 5.32 Å². The van der Waals surface area contributed by atoms with Gasteiger partial charge in [-0.2, -0.15) is 0 Å². The van der Waals surface area contributed by atoms with Crippen LogP contribution in [-0.4, -0.2) is 22.1 Å². The third kappa shape index (κ3) is 2.69. The molecule has 0 aliphatic rings. The molecule has 1 amide bonds. The normalized spacial score (nSPS) is 10.5. The Morgan fingerprint density at radius 3 is 2.53 bits per heavy atom. The Kier molecular flexibility index (Phi) is 3.18. The number of benzene rings is 1. The third-order valence-electron chi connectivity index (χ3n) is 2.17. The topological polar surface area (TPSA) is 68.0 Å². The van der Waals surface area contributed by atoms with Gasteiger partial charge in [0.1, 0.15) is 0 Å². The molecule has 0 unspecified atom stereocenters. The summed E-state index contributed by atoms with van der Waals surface area (Å²) in [5.41, 5.74) is 1.41. The predicted octanol–water partition coefficient (Wildman–Crippen LogP) is 1.87. The molecule has 0 aliphatic carbocycles. The SMILES string of the molecule is CC(C)NC(=O)c1ccc(-c2nnco2)cc1. The van der Waals surface area contributed by atoms with Crippen LogP contribution in [0.1, 0.15) is 24.2 Å². The van der Waals surface area contributed by atoms with Gasteiger partial charge in [0.05, 0.1) is 0 Å². The fourth-order valence-corrected chi connectivity index (χ4v) is 1.41. The molecule has 1 heterocycles. The van der Waals surface area contributed by atoms with Gasteiger partial charge in [-0.25, -0.2) is 0 Å². The van der Waals surface area contributed by atoms with Crippen molar-refractivity contribution in [2.75, 3.05) is 0 Å². The van der Waals surface area contributed by atoms with Crippen molar-refractivity contribution in [1.29, 1.82) is 0 Å². The number of carbonyl (C=O) groups excluding carboxylic acids is 1. The van der Waals surface area contributed by atoms with E-state index in [0.717, 1.165) is 5.56 Å². The first kappa shape index (κ1) is 11.3. The van der Waals surface area contributed by atoms with Crippen LogP contribution in [0.5, 0.6) is 0 Å². The second-order valence-corrected chi connectivity index (χ2v) is 3.95. The monoisotopic (exact) mass is 231 g/mol. The fraction of sp³-hybridized carbons (Fsp3) is 0.250. The van der Waals surface area contributed by atoms with Gasteiger partial charge in [-0.05, 0) is 38.1 Å². The molecule has 88 valence electrons. The molecule has 0 bridgehead atoms. The van der Waals surface area contributed by atoms with Crippen LogP contribution >= 0.6 is 0 Å². The van der Waals surface area contributed by atoms with Crippen molar-refractivity contribution in [3.63, 3.8) is 0 Å². The summed E-state index contributed by atoms with van der Waals surface area (Å²) in [6.07, 6.45) is 1.27. The molecular weight excluding hydrogens is 218 g/mol. The Morgan fingerprint density at radius 2 is 2.00 bits per heavy atom. The van der Waals surface area contributed by atoms with Crippen LogP contribution in [0.15, 0.2) is 35.1 Å². The van der Waals surface area contributed by atoms with Crippen LogP contribution in [0, 0.1) is 0 Å². The summed E-state index contributed by atoms with van der Waals surface area (Å²) in [6, 6.07) is 7.15. The molecule has 0 atom stereocenters. The van der Waals surface area contributed by atoms with E-state index in [4.69, 9.17) is 4.42 Å². The first-order valence-corrected chi connectivity index (χ1v) is 5.34. The van der Waals surface area contributed by atoms with Crippen LogP contribution in [-0.2, 0) is 0 Å². The standard InChI is InChI=1S/C12H13N3O2/c1-8(2)14-11(16)9-3-5-10(6-4-9)12-15-13-7-17-12/h3-8H,1-2H3,(H,14,16). The van der Waals surface area contributed by atoms with Crippen molar-refractivity contribution >= 4 is 5.91 Å². The van der Waals surface area contributed by atoms with Crippen LogP contribution in [0.3, 0.4) is 0 Å². The van der Waals surface area contributed by atoms with Gasteiger partial charge < -0.3 is 9.73 Å². The minimum atomic E-state index is -0.0860. The van der Waals surface area contributed by atoms with E-state index in [1.807, 2.05) is 13.8 Å². The Balaban J connectivity index is 2.16.